The molecule has 1 aliphatic heterocycles. The van der Waals surface area contributed by atoms with Crippen LogP contribution in [0.15, 0.2) is 18.2 Å². The molecule has 1 amide bonds. The van der Waals surface area contributed by atoms with Crippen molar-refractivity contribution in [1.82, 2.24) is 15.1 Å². The number of carbonyl (C=O) groups excluding carboxylic acids is 1. The fourth-order valence-electron chi connectivity index (χ4n) is 2.68. The van der Waals surface area contributed by atoms with Crippen molar-refractivity contribution in [2.24, 2.45) is 0 Å². The van der Waals surface area contributed by atoms with Crippen LogP contribution in [0.25, 0.3) is 0 Å². The Morgan fingerprint density at radius 3 is 2.68 bits per heavy atom. The van der Waals surface area contributed by atoms with E-state index in [0.29, 0.717) is 18.7 Å². The topological polar surface area (TPSA) is 35.6 Å². The van der Waals surface area contributed by atoms with Crippen LogP contribution in [-0.2, 0) is 17.8 Å². The fraction of sp³-hybridized carbons (Fsp3) is 0.562. The fourth-order valence-corrected chi connectivity index (χ4v) is 2.68. The van der Waals surface area contributed by atoms with E-state index in [1.807, 2.05) is 29.8 Å². The van der Waals surface area contributed by atoms with Crippen molar-refractivity contribution in [3.05, 3.63) is 35.1 Å². The Bertz CT molecular complexity index is 492. The minimum atomic E-state index is -0.184. The average Bonchev–Trinajstić information content (AvgIpc) is 2.50. The van der Waals surface area contributed by atoms with Gasteiger partial charge in [0.05, 0.1) is 6.54 Å². The van der Waals surface area contributed by atoms with Gasteiger partial charge in [-0.3, -0.25) is 9.69 Å². The van der Waals surface area contributed by atoms with Crippen LogP contribution in [0.2, 0.25) is 0 Å². The molecule has 1 heterocycles. The third-order valence-corrected chi connectivity index (χ3v) is 3.90. The Labute approximate surface area is 138 Å². The lowest BCUT2D eigenvalue weighted by Crippen LogP contribution is -2.49. The lowest BCUT2D eigenvalue weighted by atomic mass is 10.0. The van der Waals surface area contributed by atoms with Crippen LogP contribution in [0.4, 0.5) is 4.39 Å². The van der Waals surface area contributed by atoms with Crippen LogP contribution in [0.5, 0.6) is 0 Å². The molecule has 0 radical (unpaired) electrons. The molecule has 1 fully saturated rings. The quantitative estimate of drug-likeness (QED) is 0.892. The number of aryl methyl sites for hydroxylation is 1. The van der Waals surface area contributed by atoms with Gasteiger partial charge >= 0.3 is 0 Å². The zero-order chi connectivity index (χ0) is 15.2. The van der Waals surface area contributed by atoms with Crippen LogP contribution in [0.1, 0.15) is 18.1 Å². The van der Waals surface area contributed by atoms with Crippen molar-refractivity contribution in [1.29, 1.82) is 0 Å². The third kappa shape index (κ3) is 4.93. The molecule has 22 heavy (non-hydrogen) atoms. The summed E-state index contributed by atoms with van der Waals surface area (Å²) in [4.78, 5) is 16.0. The van der Waals surface area contributed by atoms with Crippen LogP contribution in [-0.4, -0.2) is 55.5 Å². The first-order valence-electron chi connectivity index (χ1n) is 7.55. The maximum atomic E-state index is 14.0. The van der Waals surface area contributed by atoms with Crippen molar-refractivity contribution < 1.29 is 9.18 Å². The van der Waals surface area contributed by atoms with Crippen molar-refractivity contribution in [2.75, 3.05) is 39.8 Å². The molecule has 1 aliphatic rings. The van der Waals surface area contributed by atoms with E-state index in [1.165, 1.54) is 6.07 Å². The standard InChI is InChI=1S/C16H24FN3O.ClH/c1-3-13-5-4-6-15(17)14(13)11-19(2)12-16(21)20-9-7-18-8-10-20;/h4-6,18H,3,7-12H2,1-2H3;1H. The lowest BCUT2D eigenvalue weighted by Gasteiger charge is -2.29. The molecule has 0 atom stereocenters. The van der Waals surface area contributed by atoms with Crippen molar-refractivity contribution in [3.8, 4) is 0 Å². The lowest BCUT2D eigenvalue weighted by molar-refractivity contribution is -0.132. The smallest absolute Gasteiger partial charge is 0.236 e. The van der Waals surface area contributed by atoms with E-state index in [0.717, 1.165) is 38.2 Å². The van der Waals surface area contributed by atoms with Gasteiger partial charge in [-0.15, -0.1) is 12.4 Å². The van der Waals surface area contributed by atoms with E-state index >= 15 is 0 Å². The second-order valence-corrected chi connectivity index (χ2v) is 5.53. The summed E-state index contributed by atoms with van der Waals surface area (Å²) in [5.41, 5.74) is 1.71. The molecule has 2 rings (SSSR count). The van der Waals surface area contributed by atoms with Gasteiger partial charge in [0.15, 0.2) is 0 Å². The molecule has 6 heteroatoms. The second-order valence-electron chi connectivity index (χ2n) is 5.53. The number of benzene rings is 1. The molecule has 124 valence electrons. The molecule has 0 spiro atoms. The minimum Gasteiger partial charge on any atom is -0.339 e. The molecule has 1 aromatic rings. The largest absolute Gasteiger partial charge is 0.339 e. The number of hydrogen-bond acceptors (Lipinski definition) is 3. The molecule has 0 aromatic heterocycles. The first kappa shape index (κ1) is 18.9. The maximum absolute atomic E-state index is 14.0. The van der Waals surface area contributed by atoms with Gasteiger partial charge in [-0.25, -0.2) is 4.39 Å². The van der Waals surface area contributed by atoms with E-state index in [1.54, 1.807) is 6.07 Å². The van der Waals surface area contributed by atoms with Crippen LogP contribution < -0.4 is 5.32 Å². The Morgan fingerprint density at radius 2 is 2.05 bits per heavy atom. The van der Waals surface area contributed by atoms with Crippen LogP contribution in [0, 0.1) is 5.82 Å². The number of nitrogens with one attached hydrogen (secondary N) is 1. The van der Waals surface area contributed by atoms with E-state index in [2.05, 4.69) is 5.32 Å². The highest BCUT2D eigenvalue weighted by Gasteiger charge is 2.18. The first-order chi connectivity index (χ1) is 10.1. The van der Waals surface area contributed by atoms with Gasteiger partial charge in [-0.2, -0.15) is 0 Å². The van der Waals surface area contributed by atoms with E-state index in [-0.39, 0.29) is 24.1 Å². The van der Waals surface area contributed by atoms with Crippen molar-refractivity contribution >= 4 is 18.3 Å². The Hall–Kier alpha value is -1.17. The van der Waals surface area contributed by atoms with Gasteiger partial charge in [0.2, 0.25) is 5.91 Å². The molecule has 0 saturated carbocycles. The highest BCUT2D eigenvalue weighted by molar-refractivity contribution is 5.85. The average molecular weight is 330 g/mol. The summed E-state index contributed by atoms with van der Waals surface area (Å²) in [5, 5.41) is 3.23. The number of halogens is 2. The Balaban J connectivity index is 0.00000242. The number of piperazine rings is 1. The molecule has 1 N–H and O–H groups in total. The van der Waals surface area contributed by atoms with Crippen molar-refractivity contribution in [2.45, 2.75) is 19.9 Å². The summed E-state index contributed by atoms with van der Waals surface area (Å²) >= 11 is 0. The van der Waals surface area contributed by atoms with Gasteiger partial charge in [0, 0.05) is 38.3 Å². The molecular formula is C16H25ClFN3O. The maximum Gasteiger partial charge on any atom is 0.236 e. The molecule has 4 nitrogen and oxygen atoms in total. The van der Waals surface area contributed by atoms with Gasteiger partial charge in [0.1, 0.15) is 5.82 Å². The summed E-state index contributed by atoms with van der Waals surface area (Å²) in [5.74, 6) is -0.0655. The number of nitrogens with zero attached hydrogens (tertiary/aromatic N) is 2. The number of amides is 1. The number of likely N-dealkylation sites (N-methyl/N-ethyl adjacent to an activating group) is 1. The van der Waals surface area contributed by atoms with Gasteiger partial charge in [-0.1, -0.05) is 19.1 Å². The van der Waals surface area contributed by atoms with E-state index in [4.69, 9.17) is 0 Å². The zero-order valence-electron chi connectivity index (χ0n) is 13.3. The summed E-state index contributed by atoms with van der Waals surface area (Å²) in [6, 6.07) is 5.17. The third-order valence-electron chi connectivity index (χ3n) is 3.90. The Kier molecular flexibility index (Phi) is 7.79. The number of rotatable bonds is 5. The Morgan fingerprint density at radius 1 is 1.36 bits per heavy atom. The predicted octanol–water partition coefficient (Wildman–Crippen LogP) is 1.67. The predicted molar refractivity (Wildman–Crippen MR) is 88.8 cm³/mol. The highest BCUT2D eigenvalue weighted by Crippen LogP contribution is 2.16. The molecule has 0 unspecified atom stereocenters. The van der Waals surface area contributed by atoms with Crippen LogP contribution in [0.3, 0.4) is 0 Å². The van der Waals surface area contributed by atoms with Gasteiger partial charge in [0.25, 0.3) is 0 Å². The highest BCUT2D eigenvalue weighted by atomic mass is 35.5. The summed E-state index contributed by atoms with van der Waals surface area (Å²) < 4.78 is 14.0. The second kappa shape index (κ2) is 9.08. The van der Waals surface area contributed by atoms with E-state index < -0.39 is 0 Å². The minimum absolute atomic E-state index is 0. The molecule has 0 bridgehead atoms. The molecule has 0 aliphatic carbocycles. The van der Waals surface area contributed by atoms with E-state index in [9.17, 15) is 9.18 Å². The number of hydrogen-bond donors (Lipinski definition) is 1. The van der Waals surface area contributed by atoms with Crippen molar-refractivity contribution in [3.63, 3.8) is 0 Å². The number of carbonyl (C=O) groups is 1. The summed E-state index contributed by atoms with van der Waals surface area (Å²) in [6.07, 6.45) is 0.798. The SMILES string of the molecule is CCc1cccc(F)c1CN(C)CC(=O)N1CCNCC1.Cl. The monoisotopic (exact) mass is 329 g/mol. The zero-order valence-corrected chi connectivity index (χ0v) is 14.1. The summed E-state index contributed by atoms with van der Waals surface area (Å²) in [7, 11) is 1.87. The summed E-state index contributed by atoms with van der Waals surface area (Å²) in [6.45, 7) is 6.03. The molecule has 1 aromatic carbocycles. The normalized spacial score (nSPS) is 14.8. The van der Waals surface area contributed by atoms with Gasteiger partial charge < -0.3 is 10.2 Å². The molecular weight excluding hydrogens is 305 g/mol. The van der Waals surface area contributed by atoms with Gasteiger partial charge in [-0.05, 0) is 25.1 Å². The first-order valence-corrected chi connectivity index (χ1v) is 7.55. The van der Waals surface area contributed by atoms with Crippen LogP contribution >= 0.6 is 12.4 Å². The molecule has 1 saturated heterocycles.